The number of halogens is 1. The van der Waals surface area contributed by atoms with Crippen molar-refractivity contribution in [3.63, 3.8) is 0 Å². The standard InChI is InChI=1S/C9H10ClN3/c1-2-9(12-13-11)7-3-5-8(10)6-4-7/h3-6,9H,2H2,1H3/t9-/m0/s1. The smallest absolute Gasteiger partial charge is 0.0622 e. The highest BCUT2D eigenvalue weighted by atomic mass is 35.5. The van der Waals surface area contributed by atoms with Gasteiger partial charge in [0.1, 0.15) is 0 Å². The van der Waals surface area contributed by atoms with Gasteiger partial charge in [-0.2, -0.15) is 0 Å². The van der Waals surface area contributed by atoms with Gasteiger partial charge in [0.25, 0.3) is 0 Å². The van der Waals surface area contributed by atoms with Crippen molar-refractivity contribution in [1.29, 1.82) is 0 Å². The third kappa shape index (κ3) is 2.65. The van der Waals surface area contributed by atoms with Gasteiger partial charge in [0, 0.05) is 9.93 Å². The molecule has 13 heavy (non-hydrogen) atoms. The topological polar surface area (TPSA) is 48.8 Å². The normalized spacial score (nSPS) is 11.8. The molecule has 4 heteroatoms. The van der Waals surface area contributed by atoms with Gasteiger partial charge >= 0.3 is 0 Å². The minimum absolute atomic E-state index is 0.0812. The van der Waals surface area contributed by atoms with Crippen molar-refractivity contribution < 1.29 is 0 Å². The van der Waals surface area contributed by atoms with Crippen molar-refractivity contribution >= 4 is 11.6 Å². The van der Waals surface area contributed by atoms with E-state index in [2.05, 4.69) is 10.0 Å². The van der Waals surface area contributed by atoms with Crippen molar-refractivity contribution in [2.45, 2.75) is 19.4 Å². The van der Waals surface area contributed by atoms with Crippen molar-refractivity contribution in [3.05, 3.63) is 45.3 Å². The first kappa shape index (κ1) is 9.90. The third-order valence-electron chi connectivity index (χ3n) is 1.83. The highest BCUT2D eigenvalue weighted by Gasteiger charge is 2.05. The summed E-state index contributed by atoms with van der Waals surface area (Å²) in [5.74, 6) is 0. The summed E-state index contributed by atoms with van der Waals surface area (Å²) in [6, 6.07) is 7.28. The van der Waals surface area contributed by atoms with Crippen LogP contribution in [0.5, 0.6) is 0 Å². The van der Waals surface area contributed by atoms with E-state index in [4.69, 9.17) is 17.1 Å². The van der Waals surface area contributed by atoms with Gasteiger partial charge in [-0.05, 0) is 29.6 Å². The minimum atomic E-state index is -0.0812. The van der Waals surface area contributed by atoms with E-state index in [9.17, 15) is 0 Å². The molecule has 1 atom stereocenters. The van der Waals surface area contributed by atoms with E-state index in [0.29, 0.717) is 5.02 Å². The Labute approximate surface area is 82.0 Å². The summed E-state index contributed by atoms with van der Waals surface area (Å²) < 4.78 is 0. The first-order valence-corrected chi connectivity index (χ1v) is 4.45. The molecule has 1 rings (SSSR count). The van der Waals surface area contributed by atoms with Crippen LogP contribution in [0, 0.1) is 0 Å². The lowest BCUT2D eigenvalue weighted by molar-refractivity contribution is 0.693. The van der Waals surface area contributed by atoms with Gasteiger partial charge in [-0.15, -0.1) is 0 Å². The van der Waals surface area contributed by atoms with E-state index >= 15 is 0 Å². The lowest BCUT2D eigenvalue weighted by atomic mass is 10.1. The van der Waals surface area contributed by atoms with Gasteiger partial charge < -0.3 is 0 Å². The molecule has 0 unspecified atom stereocenters. The Hall–Kier alpha value is -1.18. The predicted molar refractivity (Wildman–Crippen MR) is 53.6 cm³/mol. The van der Waals surface area contributed by atoms with Gasteiger partial charge in [0.15, 0.2) is 0 Å². The van der Waals surface area contributed by atoms with Gasteiger partial charge in [-0.1, -0.05) is 35.8 Å². The third-order valence-corrected chi connectivity index (χ3v) is 2.08. The monoisotopic (exact) mass is 195 g/mol. The average Bonchev–Trinajstić information content (AvgIpc) is 2.16. The van der Waals surface area contributed by atoms with Gasteiger partial charge in [0.2, 0.25) is 0 Å². The molecule has 0 aliphatic rings. The lowest BCUT2D eigenvalue weighted by Crippen LogP contribution is -1.91. The highest BCUT2D eigenvalue weighted by Crippen LogP contribution is 2.22. The summed E-state index contributed by atoms with van der Waals surface area (Å²) >= 11 is 5.73. The van der Waals surface area contributed by atoms with Crippen LogP contribution in [0.1, 0.15) is 24.9 Å². The molecular formula is C9H10ClN3. The number of hydrogen-bond donors (Lipinski definition) is 0. The van der Waals surface area contributed by atoms with E-state index in [1.54, 1.807) is 12.1 Å². The second kappa shape index (κ2) is 4.75. The molecule has 0 saturated heterocycles. The van der Waals surface area contributed by atoms with Crippen LogP contribution in [-0.2, 0) is 0 Å². The molecule has 3 nitrogen and oxygen atoms in total. The molecule has 0 amide bonds. The predicted octanol–water partition coefficient (Wildman–Crippen LogP) is 4.10. The Balaban J connectivity index is 2.91. The van der Waals surface area contributed by atoms with Crippen molar-refractivity contribution in [2.24, 2.45) is 5.11 Å². The minimum Gasteiger partial charge on any atom is -0.0859 e. The molecule has 0 heterocycles. The molecule has 0 N–H and O–H groups in total. The Bertz CT molecular complexity index is 314. The van der Waals surface area contributed by atoms with Crippen LogP contribution in [0.25, 0.3) is 10.4 Å². The zero-order valence-corrected chi connectivity index (χ0v) is 8.07. The van der Waals surface area contributed by atoms with Gasteiger partial charge in [-0.3, -0.25) is 0 Å². The fourth-order valence-corrected chi connectivity index (χ4v) is 1.26. The van der Waals surface area contributed by atoms with Gasteiger partial charge in [0.05, 0.1) is 6.04 Å². The second-order valence-corrected chi connectivity index (χ2v) is 3.12. The Morgan fingerprint density at radius 1 is 1.46 bits per heavy atom. The number of rotatable bonds is 3. The summed E-state index contributed by atoms with van der Waals surface area (Å²) in [6.07, 6.45) is 0.797. The summed E-state index contributed by atoms with van der Waals surface area (Å²) in [5.41, 5.74) is 9.32. The summed E-state index contributed by atoms with van der Waals surface area (Å²) in [4.78, 5) is 2.80. The van der Waals surface area contributed by atoms with Crippen LogP contribution >= 0.6 is 11.6 Å². The molecule has 0 aromatic heterocycles. The SMILES string of the molecule is CC[C@H](N=[N+]=[N-])c1ccc(Cl)cc1. The first-order valence-electron chi connectivity index (χ1n) is 4.07. The Morgan fingerprint density at radius 3 is 2.54 bits per heavy atom. The van der Waals surface area contributed by atoms with E-state index in [1.807, 2.05) is 19.1 Å². The van der Waals surface area contributed by atoms with E-state index in [1.165, 1.54) is 0 Å². The average molecular weight is 196 g/mol. The maximum atomic E-state index is 8.32. The van der Waals surface area contributed by atoms with Crippen LogP contribution in [0.15, 0.2) is 29.4 Å². The molecule has 0 spiro atoms. The van der Waals surface area contributed by atoms with Gasteiger partial charge in [-0.25, -0.2) is 0 Å². The van der Waals surface area contributed by atoms with Crippen LogP contribution in [-0.4, -0.2) is 0 Å². The molecule has 68 valence electrons. The number of hydrogen-bond acceptors (Lipinski definition) is 1. The van der Waals surface area contributed by atoms with Crippen molar-refractivity contribution in [2.75, 3.05) is 0 Å². The highest BCUT2D eigenvalue weighted by molar-refractivity contribution is 6.30. The first-order chi connectivity index (χ1) is 6.27. The van der Waals surface area contributed by atoms with E-state index < -0.39 is 0 Å². The summed E-state index contributed by atoms with van der Waals surface area (Å²) in [7, 11) is 0. The molecule has 0 bridgehead atoms. The maximum absolute atomic E-state index is 8.32. The number of nitrogens with zero attached hydrogens (tertiary/aromatic N) is 3. The molecule has 0 fully saturated rings. The maximum Gasteiger partial charge on any atom is 0.0622 e. The largest absolute Gasteiger partial charge is 0.0859 e. The number of benzene rings is 1. The molecule has 0 aliphatic carbocycles. The molecule has 1 aromatic carbocycles. The lowest BCUT2D eigenvalue weighted by Gasteiger charge is -2.07. The second-order valence-electron chi connectivity index (χ2n) is 2.68. The zero-order chi connectivity index (χ0) is 9.68. The Morgan fingerprint density at radius 2 is 2.08 bits per heavy atom. The van der Waals surface area contributed by atoms with Crippen LogP contribution in [0.3, 0.4) is 0 Å². The molecule has 0 radical (unpaired) electrons. The van der Waals surface area contributed by atoms with Crippen LogP contribution in [0.4, 0.5) is 0 Å². The zero-order valence-electron chi connectivity index (χ0n) is 7.31. The fourth-order valence-electron chi connectivity index (χ4n) is 1.13. The molecule has 1 aromatic rings. The Kier molecular flexibility index (Phi) is 3.62. The summed E-state index contributed by atoms with van der Waals surface area (Å²) in [6.45, 7) is 1.98. The fraction of sp³-hybridized carbons (Fsp3) is 0.333. The molecular weight excluding hydrogens is 186 g/mol. The number of azide groups is 1. The molecule has 0 saturated carbocycles. The molecule has 0 aliphatic heterocycles. The van der Waals surface area contributed by atoms with Crippen molar-refractivity contribution in [3.8, 4) is 0 Å². The quantitative estimate of drug-likeness (QED) is 0.396. The van der Waals surface area contributed by atoms with E-state index in [-0.39, 0.29) is 6.04 Å². The van der Waals surface area contributed by atoms with Crippen LogP contribution in [0.2, 0.25) is 5.02 Å². The summed E-state index contributed by atoms with van der Waals surface area (Å²) in [5, 5.41) is 4.37. The van der Waals surface area contributed by atoms with Crippen molar-refractivity contribution in [1.82, 2.24) is 0 Å². The van der Waals surface area contributed by atoms with Crippen LogP contribution < -0.4 is 0 Å². The van der Waals surface area contributed by atoms with E-state index in [0.717, 1.165) is 12.0 Å².